The SMILES string of the molecule is N[C@H](CCO)c1c(Br)ccc(F)c1Cl. The van der Waals surface area contributed by atoms with Crippen molar-refractivity contribution in [3.8, 4) is 0 Å². The Kier molecular flexibility index (Phi) is 4.31. The minimum atomic E-state index is -0.502. The number of hydrogen-bond acceptors (Lipinski definition) is 2. The molecule has 0 saturated heterocycles. The zero-order valence-electron chi connectivity index (χ0n) is 7.30. The predicted octanol–water partition coefficient (Wildman–Crippen LogP) is 2.62. The molecule has 0 bridgehead atoms. The van der Waals surface area contributed by atoms with Crippen LogP contribution in [0, 0.1) is 5.82 Å². The summed E-state index contributed by atoms with van der Waals surface area (Å²) in [5, 5.41) is 8.73. The van der Waals surface area contributed by atoms with Gasteiger partial charge in [0.2, 0.25) is 0 Å². The van der Waals surface area contributed by atoms with Crippen molar-refractivity contribution in [3.05, 3.63) is 33.0 Å². The highest BCUT2D eigenvalue weighted by atomic mass is 79.9. The van der Waals surface area contributed by atoms with E-state index in [1.54, 1.807) is 6.07 Å². The smallest absolute Gasteiger partial charge is 0.142 e. The lowest BCUT2D eigenvalue weighted by Gasteiger charge is -2.14. The molecule has 0 aliphatic heterocycles. The molecule has 0 aliphatic rings. The van der Waals surface area contributed by atoms with Gasteiger partial charge in [0.1, 0.15) is 5.82 Å². The van der Waals surface area contributed by atoms with E-state index in [2.05, 4.69) is 15.9 Å². The van der Waals surface area contributed by atoms with Crippen LogP contribution >= 0.6 is 27.5 Å². The van der Waals surface area contributed by atoms with Crippen LogP contribution in [0.2, 0.25) is 5.02 Å². The van der Waals surface area contributed by atoms with Crippen LogP contribution in [0.4, 0.5) is 4.39 Å². The van der Waals surface area contributed by atoms with Gasteiger partial charge >= 0.3 is 0 Å². The largest absolute Gasteiger partial charge is 0.396 e. The molecule has 1 rings (SSSR count). The molecule has 5 heteroatoms. The summed E-state index contributed by atoms with van der Waals surface area (Å²) < 4.78 is 13.7. The molecule has 0 amide bonds. The van der Waals surface area contributed by atoms with E-state index in [9.17, 15) is 4.39 Å². The first-order chi connectivity index (χ1) is 6.57. The third kappa shape index (κ3) is 2.45. The number of halogens is 3. The van der Waals surface area contributed by atoms with E-state index in [1.165, 1.54) is 6.07 Å². The number of hydrogen-bond donors (Lipinski definition) is 2. The first-order valence-electron chi connectivity index (χ1n) is 4.07. The summed E-state index contributed by atoms with van der Waals surface area (Å²) in [6.45, 7) is -0.0551. The molecule has 3 N–H and O–H groups in total. The molecule has 1 aromatic carbocycles. The molecule has 0 radical (unpaired) electrons. The fraction of sp³-hybridized carbons (Fsp3) is 0.333. The highest BCUT2D eigenvalue weighted by molar-refractivity contribution is 9.10. The molecule has 0 heterocycles. The van der Waals surface area contributed by atoms with Crippen molar-refractivity contribution in [2.45, 2.75) is 12.5 Å². The standard InChI is InChI=1S/C9H10BrClFNO/c10-5-1-2-6(12)9(11)8(5)7(13)3-4-14/h1-2,7,14H,3-4,13H2/t7-/m1/s1. The minimum Gasteiger partial charge on any atom is -0.396 e. The molecule has 0 spiro atoms. The van der Waals surface area contributed by atoms with Crippen molar-refractivity contribution < 1.29 is 9.50 Å². The molecule has 14 heavy (non-hydrogen) atoms. The summed E-state index contributed by atoms with van der Waals surface area (Å²) in [5.41, 5.74) is 6.24. The van der Waals surface area contributed by atoms with Crippen molar-refractivity contribution in [1.82, 2.24) is 0 Å². The third-order valence-corrected chi connectivity index (χ3v) is 2.97. The van der Waals surface area contributed by atoms with Gasteiger partial charge in [-0.2, -0.15) is 0 Å². The lowest BCUT2D eigenvalue weighted by molar-refractivity contribution is 0.276. The van der Waals surface area contributed by atoms with Crippen LogP contribution in [0.25, 0.3) is 0 Å². The van der Waals surface area contributed by atoms with E-state index in [1.807, 2.05) is 0 Å². The lowest BCUT2D eigenvalue weighted by atomic mass is 10.1. The fourth-order valence-corrected chi connectivity index (χ4v) is 2.21. The predicted molar refractivity (Wildman–Crippen MR) is 57.7 cm³/mol. The Labute approximate surface area is 95.0 Å². The number of nitrogens with two attached hydrogens (primary N) is 1. The monoisotopic (exact) mass is 281 g/mol. The maximum absolute atomic E-state index is 13.1. The molecule has 0 saturated carbocycles. The molecule has 78 valence electrons. The van der Waals surface area contributed by atoms with Gasteiger partial charge in [-0.15, -0.1) is 0 Å². The Hall–Kier alpha value is -0.160. The minimum absolute atomic E-state index is 0.0142. The normalized spacial score (nSPS) is 12.9. The number of aliphatic hydroxyl groups is 1. The Morgan fingerprint density at radius 2 is 2.21 bits per heavy atom. The van der Waals surface area contributed by atoms with Crippen molar-refractivity contribution in [3.63, 3.8) is 0 Å². The van der Waals surface area contributed by atoms with Crippen molar-refractivity contribution in [1.29, 1.82) is 0 Å². The van der Waals surface area contributed by atoms with Crippen molar-refractivity contribution in [2.24, 2.45) is 5.73 Å². The average molecular weight is 283 g/mol. The Morgan fingerprint density at radius 1 is 1.57 bits per heavy atom. The van der Waals surface area contributed by atoms with Gasteiger partial charge in [-0.1, -0.05) is 27.5 Å². The van der Waals surface area contributed by atoms with Crippen LogP contribution in [0.3, 0.4) is 0 Å². The van der Waals surface area contributed by atoms with Crippen molar-refractivity contribution in [2.75, 3.05) is 6.61 Å². The number of aliphatic hydroxyl groups excluding tert-OH is 1. The van der Waals surface area contributed by atoms with Gasteiger partial charge in [-0.25, -0.2) is 4.39 Å². The molecular weight excluding hydrogens is 272 g/mol. The third-order valence-electron chi connectivity index (χ3n) is 1.89. The summed E-state index contributed by atoms with van der Waals surface area (Å²) in [6.07, 6.45) is 0.349. The Morgan fingerprint density at radius 3 is 2.79 bits per heavy atom. The van der Waals surface area contributed by atoms with Gasteiger partial charge in [0.15, 0.2) is 0 Å². The van der Waals surface area contributed by atoms with E-state index in [4.69, 9.17) is 22.4 Å². The van der Waals surface area contributed by atoms with Gasteiger partial charge < -0.3 is 10.8 Å². The van der Waals surface area contributed by atoms with Crippen LogP contribution in [-0.2, 0) is 0 Å². The summed E-state index contributed by atoms with van der Waals surface area (Å²) >= 11 is 9.00. The Bertz CT molecular complexity index is 335. The molecule has 0 unspecified atom stereocenters. The highest BCUT2D eigenvalue weighted by Gasteiger charge is 2.16. The van der Waals surface area contributed by atoms with Crippen LogP contribution < -0.4 is 5.73 Å². The van der Waals surface area contributed by atoms with Gasteiger partial charge in [0.25, 0.3) is 0 Å². The van der Waals surface area contributed by atoms with E-state index < -0.39 is 11.9 Å². The van der Waals surface area contributed by atoms with Crippen LogP contribution in [0.15, 0.2) is 16.6 Å². The van der Waals surface area contributed by atoms with Crippen LogP contribution in [0.5, 0.6) is 0 Å². The van der Waals surface area contributed by atoms with Gasteiger partial charge in [-0.3, -0.25) is 0 Å². The van der Waals surface area contributed by atoms with Gasteiger partial charge in [0, 0.05) is 22.7 Å². The molecule has 0 fully saturated rings. The Balaban J connectivity index is 3.11. The summed E-state index contributed by atoms with van der Waals surface area (Å²) in [4.78, 5) is 0. The van der Waals surface area contributed by atoms with Crippen molar-refractivity contribution >= 4 is 27.5 Å². The maximum Gasteiger partial charge on any atom is 0.142 e. The second-order valence-electron chi connectivity index (χ2n) is 2.88. The molecule has 0 aliphatic carbocycles. The van der Waals surface area contributed by atoms with Gasteiger partial charge in [0.05, 0.1) is 5.02 Å². The molecule has 1 atom stereocenters. The highest BCUT2D eigenvalue weighted by Crippen LogP contribution is 2.32. The van der Waals surface area contributed by atoms with E-state index >= 15 is 0 Å². The van der Waals surface area contributed by atoms with E-state index in [0.29, 0.717) is 16.5 Å². The number of benzene rings is 1. The zero-order valence-corrected chi connectivity index (χ0v) is 9.65. The molecule has 2 nitrogen and oxygen atoms in total. The van der Waals surface area contributed by atoms with E-state index in [-0.39, 0.29) is 11.6 Å². The fourth-order valence-electron chi connectivity index (χ4n) is 1.17. The molecule has 1 aromatic rings. The quantitative estimate of drug-likeness (QED) is 0.837. The summed E-state index contributed by atoms with van der Waals surface area (Å²) in [5.74, 6) is -0.502. The maximum atomic E-state index is 13.1. The first kappa shape index (κ1) is 11.9. The molecular formula is C9H10BrClFNO. The van der Waals surface area contributed by atoms with Crippen LogP contribution in [0.1, 0.15) is 18.0 Å². The van der Waals surface area contributed by atoms with Crippen LogP contribution in [-0.4, -0.2) is 11.7 Å². The first-order valence-corrected chi connectivity index (χ1v) is 5.25. The van der Waals surface area contributed by atoms with E-state index in [0.717, 1.165) is 0 Å². The second kappa shape index (κ2) is 5.07. The summed E-state index contributed by atoms with van der Waals surface area (Å²) in [6, 6.07) is 2.35. The lowest BCUT2D eigenvalue weighted by Crippen LogP contribution is -2.13. The molecule has 0 aromatic heterocycles. The average Bonchev–Trinajstić information content (AvgIpc) is 2.13. The number of rotatable bonds is 3. The zero-order chi connectivity index (χ0) is 10.7. The van der Waals surface area contributed by atoms with Gasteiger partial charge in [-0.05, 0) is 18.6 Å². The second-order valence-corrected chi connectivity index (χ2v) is 4.11. The topological polar surface area (TPSA) is 46.2 Å². The summed E-state index contributed by atoms with van der Waals surface area (Å²) in [7, 11) is 0.